The lowest BCUT2D eigenvalue weighted by molar-refractivity contribution is 0.992. The van der Waals surface area contributed by atoms with Crippen molar-refractivity contribution in [2.45, 2.75) is 12.8 Å². The van der Waals surface area contributed by atoms with Crippen molar-refractivity contribution in [1.82, 2.24) is 0 Å². The molecule has 0 aromatic rings. The zero-order chi connectivity index (χ0) is 5.54. The van der Waals surface area contributed by atoms with Gasteiger partial charge in [0.05, 0.1) is 0 Å². The van der Waals surface area contributed by atoms with Crippen molar-refractivity contribution in [3.8, 4) is 11.8 Å². The third-order valence-electron chi connectivity index (χ3n) is 0.560. The zero-order valence-corrected chi connectivity index (χ0v) is 4.96. The summed E-state index contributed by atoms with van der Waals surface area (Å²) in [6.45, 7) is 3.35. The highest BCUT2D eigenvalue weighted by molar-refractivity contribution is 6.17. The molecule has 0 spiro atoms. The number of alkyl halides is 1. The molecule has 0 aliphatic carbocycles. The predicted molar refractivity (Wildman–Crippen MR) is 33.1 cm³/mol. The summed E-state index contributed by atoms with van der Waals surface area (Å²) in [5.41, 5.74) is 0. The van der Waals surface area contributed by atoms with E-state index in [2.05, 4.69) is 18.8 Å². The molecule has 0 amide bonds. The van der Waals surface area contributed by atoms with Crippen LogP contribution in [0.15, 0.2) is 0 Å². The molecule has 0 aliphatic heterocycles. The first-order valence-corrected chi connectivity index (χ1v) is 2.76. The second-order valence-electron chi connectivity index (χ2n) is 1.15. The van der Waals surface area contributed by atoms with Gasteiger partial charge < -0.3 is 0 Å². The molecule has 0 aromatic carbocycles. The van der Waals surface area contributed by atoms with E-state index in [1.807, 2.05) is 0 Å². The van der Waals surface area contributed by atoms with Crippen LogP contribution in [0, 0.1) is 18.8 Å². The molecule has 7 heavy (non-hydrogen) atoms. The molecule has 1 radical (unpaired) electrons. The number of hydrogen-bond acceptors (Lipinski definition) is 0. The standard InChI is InChI=1S/C6H8Cl/c1-2-3-4-5-6-7/h1,4-6H2. The molecule has 1 heteroatoms. The summed E-state index contributed by atoms with van der Waals surface area (Å²) in [4.78, 5) is 0. The number of hydrogen-bond donors (Lipinski definition) is 0. The van der Waals surface area contributed by atoms with E-state index in [9.17, 15) is 0 Å². The van der Waals surface area contributed by atoms with Crippen molar-refractivity contribution in [3.63, 3.8) is 0 Å². The molecule has 0 bridgehead atoms. The normalized spacial score (nSPS) is 7.14. The van der Waals surface area contributed by atoms with Crippen LogP contribution in [0.1, 0.15) is 12.8 Å². The fraction of sp³-hybridized carbons (Fsp3) is 0.500. The van der Waals surface area contributed by atoms with Gasteiger partial charge in [-0.05, 0) is 6.42 Å². The van der Waals surface area contributed by atoms with Crippen molar-refractivity contribution >= 4 is 11.6 Å². The van der Waals surface area contributed by atoms with Crippen molar-refractivity contribution in [2.75, 3.05) is 5.88 Å². The van der Waals surface area contributed by atoms with E-state index in [1.54, 1.807) is 0 Å². The Morgan fingerprint density at radius 2 is 2.29 bits per heavy atom. The predicted octanol–water partition coefficient (Wildman–Crippen LogP) is 1.84. The average Bonchev–Trinajstić information content (AvgIpc) is 1.69. The maximum Gasteiger partial charge on any atom is 0.0232 e. The van der Waals surface area contributed by atoms with E-state index in [1.165, 1.54) is 0 Å². The van der Waals surface area contributed by atoms with Crippen molar-refractivity contribution in [1.29, 1.82) is 0 Å². The van der Waals surface area contributed by atoms with Gasteiger partial charge in [0, 0.05) is 19.2 Å². The smallest absolute Gasteiger partial charge is 0.0232 e. The summed E-state index contributed by atoms with van der Waals surface area (Å²) in [7, 11) is 0. The number of rotatable bonds is 2. The molecule has 0 saturated carbocycles. The quantitative estimate of drug-likeness (QED) is 0.293. The lowest BCUT2D eigenvalue weighted by Crippen LogP contribution is -1.69. The third kappa shape index (κ3) is 5.85. The van der Waals surface area contributed by atoms with Crippen molar-refractivity contribution < 1.29 is 0 Å². The molecule has 0 aromatic heterocycles. The Balaban J connectivity index is 2.78. The minimum Gasteiger partial charge on any atom is -0.127 e. The van der Waals surface area contributed by atoms with E-state index in [0.29, 0.717) is 5.88 Å². The van der Waals surface area contributed by atoms with Gasteiger partial charge in [0.25, 0.3) is 0 Å². The maximum absolute atomic E-state index is 5.35. The Labute approximate surface area is 49.9 Å². The van der Waals surface area contributed by atoms with Crippen molar-refractivity contribution in [2.24, 2.45) is 0 Å². The second-order valence-corrected chi connectivity index (χ2v) is 1.52. The Hall–Kier alpha value is -0.150. The first kappa shape index (κ1) is 6.85. The van der Waals surface area contributed by atoms with Crippen LogP contribution in [0.2, 0.25) is 0 Å². The summed E-state index contributed by atoms with van der Waals surface area (Å²) in [6.07, 6.45) is 1.86. The summed E-state index contributed by atoms with van der Waals surface area (Å²) in [5.74, 6) is 6.05. The van der Waals surface area contributed by atoms with Crippen LogP contribution in [0.25, 0.3) is 0 Å². The summed E-state index contributed by atoms with van der Waals surface area (Å²) >= 11 is 5.35. The van der Waals surface area contributed by atoms with Crippen LogP contribution in [-0.4, -0.2) is 5.88 Å². The fourth-order valence-electron chi connectivity index (χ4n) is 0.244. The molecular formula is C6H8Cl. The van der Waals surface area contributed by atoms with Crippen LogP contribution < -0.4 is 0 Å². The van der Waals surface area contributed by atoms with Gasteiger partial charge in [-0.15, -0.1) is 23.4 Å². The minimum absolute atomic E-state index is 0.703. The lowest BCUT2D eigenvalue weighted by atomic mass is 10.3. The number of halogens is 1. The molecule has 0 heterocycles. The van der Waals surface area contributed by atoms with Gasteiger partial charge in [0.2, 0.25) is 0 Å². The van der Waals surface area contributed by atoms with Crippen LogP contribution in [-0.2, 0) is 0 Å². The molecule has 0 atom stereocenters. The molecule has 0 N–H and O–H groups in total. The molecule has 0 aliphatic rings. The van der Waals surface area contributed by atoms with Gasteiger partial charge >= 0.3 is 0 Å². The highest BCUT2D eigenvalue weighted by Crippen LogP contribution is 1.87. The molecule has 0 saturated heterocycles. The van der Waals surface area contributed by atoms with E-state index >= 15 is 0 Å². The monoisotopic (exact) mass is 115 g/mol. The summed E-state index contributed by atoms with van der Waals surface area (Å²) < 4.78 is 0. The molecule has 0 unspecified atom stereocenters. The minimum atomic E-state index is 0.703. The first-order valence-electron chi connectivity index (χ1n) is 2.22. The SMILES string of the molecule is [CH2]C#CCCCCl. The summed E-state index contributed by atoms with van der Waals surface area (Å²) in [6, 6.07) is 0. The van der Waals surface area contributed by atoms with Gasteiger partial charge in [-0.25, -0.2) is 0 Å². The van der Waals surface area contributed by atoms with Gasteiger partial charge in [-0.3, -0.25) is 0 Å². The molecule has 0 rings (SSSR count). The summed E-state index contributed by atoms with van der Waals surface area (Å²) in [5, 5.41) is 0. The Morgan fingerprint density at radius 3 is 2.71 bits per heavy atom. The second kappa shape index (κ2) is 5.85. The maximum atomic E-state index is 5.35. The Kier molecular flexibility index (Phi) is 5.72. The molecule has 0 nitrogen and oxygen atoms in total. The zero-order valence-electron chi connectivity index (χ0n) is 4.21. The van der Waals surface area contributed by atoms with E-state index in [4.69, 9.17) is 11.6 Å². The average molecular weight is 116 g/mol. The lowest BCUT2D eigenvalue weighted by Gasteiger charge is -1.79. The van der Waals surface area contributed by atoms with Crippen LogP contribution >= 0.6 is 11.6 Å². The Bertz CT molecular complexity index is 75.9. The largest absolute Gasteiger partial charge is 0.127 e. The van der Waals surface area contributed by atoms with E-state index < -0.39 is 0 Å². The molecular weight excluding hydrogens is 108 g/mol. The van der Waals surface area contributed by atoms with Gasteiger partial charge in [0.1, 0.15) is 0 Å². The highest BCUT2D eigenvalue weighted by atomic mass is 35.5. The highest BCUT2D eigenvalue weighted by Gasteiger charge is 1.74. The van der Waals surface area contributed by atoms with Crippen LogP contribution in [0.4, 0.5) is 0 Å². The van der Waals surface area contributed by atoms with Crippen molar-refractivity contribution in [3.05, 3.63) is 6.92 Å². The fourth-order valence-corrected chi connectivity index (χ4v) is 0.377. The van der Waals surface area contributed by atoms with Gasteiger partial charge in [-0.1, -0.05) is 0 Å². The third-order valence-corrected chi connectivity index (χ3v) is 0.828. The van der Waals surface area contributed by atoms with Gasteiger partial charge in [-0.2, -0.15) is 0 Å². The first-order chi connectivity index (χ1) is 3.41. The Morgan fingerprint density at radius 1 is 1.57 bits per heavy atom. The molecule has 39 valence electrons. The number of unbranched alkanes of at least 4 members (excludes halogenated alkanes) is 1. The van der Waals surface area contributed by atoms with E-state index in [0.717, 1.165) is 12.8 Å². The molecule has 0 fully saturated rings. The van der Waals surface area contributed by atoms with Crippen LogP contribution in [0.5, 0.6) is 0 Å². The van der Waals surface area contributed by atoms with E-state index in [-0.39, 0.29) is 0 Å². The topological polar surface area (TPSA) is 0 Å². The van der Waals surface area contributed by atoms with Crippen LogP contribution in [0.3, 0.4) is 0 Å². The van der Waals surface area contributed by atoms with Gasteiger partial charge in [0.15, 0.2) is 0 Å².